The number of hydrogen-bond donors (Lipinski definition) is 1. The average molecular weight is 236 g/mol. The number of hydrogen-bond acceptors (Lipinski definition) is 2. The van der Waals surface area contributed by atoms with E-state index in [2.05, 4.69) is 5.32 Å². The van der Waals surface area contributed by atoms with Crippen LogP contribution < -0.4 is 10.2 Å². The van der Waals surface area contributed by atoms with E-state index in [9.17, 15) is 9.18 Å². The van der Waals surface area contributed by atoms with Crippen molar-refractivity contribution in [2.24, 2.45) is 0 Å². The van der Waals surface area contributed by atoms with Crippen molar-refractivity contribution in [3.05, 3.63) is 30.1 Å². The summed E-state index contributed by atoms with van der Waals surface area (Å²) in [7, 11) is 0. The molecule has 0 spiro atoms. The lowest BCUT2D eigenvalue weighted by Crippen LogP contribution is -2.47. The Hall–Kier alpha value is -1.42. The van der Waals surface area contributed by atoms with Crippen molar-refractivity contribution in [3.63, 3.8) is 0 Å². The van der Waals surface area contributed by atoms with Crippen LogP contribution in [-0.2, 0) is 4.79 Å². The Balaban J connectivity index is 2.21. The van der Waals surface area contributed by atoms with Crippen LogP contribution in [0.3, 0.4) is 0 Å². The fraction of sp³-hybridized carbons (Fsp3) is 0.462. The van der Waals surface area contributed by atoms with Gasteiger partial charge in [0.2, 0.25) is 5.91 Å². The molecular formula is C13H17FN2O. The number of nitrogens with one attached hydrogen (secondary N) is 1. The molecule has 1 aromatic rings. The van der Waals surface area contributed by atoms with Crippen LogP contribution >= 0.6 is 0 Å². The molecule has 1 saturated heterocycles. The van der Waals surface area contributed by atoms with Crippen LogP contribution in [0.4, 0.5) is 10.1 Å². The molecule has 1 fully saturated rings. The highest BCUT2D eigenvalue weighted by Crippen LogP contribution is 2.17. The molecule has 1 aromatic carbocycles. The molecule has 0 bridgehead atoms. The largest absolute Gasteiger partial charge is 0.311 e. The standard InChI is InChI=1S/C13H17FN2O/c1-10-13(17)16(9-3-2-8-15-10)12-6-4-11(14)5-7-12/h4-7,10,15H,2-3,8-9H2,1H3. The molecule has 3 nitrogen and oxygen atoms in total. The molecule has 0 aliphatic carbocycles. The first-order valence-corrected chi connectivity index (χ1v) is 5.99. The average Bonchev–Trinajstić information content (AvgIpc) is 2.32. The van der Waals surface area contributed by atoms with Gasteiger partial charge >= 0.3 is 0 Å². The maximum atomic E-state index is 12.9. The van der Waals surface area contributed by atoms with Crippen molar-refractivity contribution in [2.75, 3.05) is 18.0 Å². The summed E-state index contributed by atoms with van der Waals surface area (Å²) >= 11 is 0. The van der Waals surface area contributed by atoms with Crippen molar-refractivity contribution < 1.29 is 9.18 Å². The zero-order valence-corrected chi connectivity index (χ0v) is 9.95. The third-order valence-corrected chi connectivity index (χ3v) is 3.03. The van der Waals surface area contributed by atoms with E-state index in [-0.39, 0.29) is 17.8 Å². The zero-order chi connectivity index (χ0) is 12.3. The summed E-state index contributed by atoms with van der Waals surface area (Å²) < 4.78 is 12.9. The molecule has 92 valence electrons. The molecule has 1 N–H and O–H groups in total. The van der Waals surface area contributed by atoms with Gasteiger partial charge in [-0.25, -0.2) is 4.39 Å². The smallest absolute Gasteiger partial charge is 0.243 e. The van der Waals surface area contributed by atoms with Gasteiger partial charge in [0.15, 0.2) is 0 Å². The van der Waals surface area contributed by atoms with E-state index in [0.29, 0.717) is 6.54 Å². The molecule has 0 aromatic heterocycles. The molecule has 1 heterocycles. The fourth-order valence-corrected chi connectivity index (χ4v) is 2.02. The molecule has 1 unspecified atom stereocenters. The molecule has 4 heteroatoms. The molecule has 1 aliphatic heterocycles. The van der Waals surface area contributed by atoms with Crippen LogP contribution in [0.2, 0.25) is 0 Å². The van der Waals surface area contributed by atoms with Gasteiger partial charge in [0, 0.05) is 12.2 Å². The highest BCUT2D eigenvalue weighted by atomic mass is 19.1. The number of benzene rings is 1. The number of anilines is 1. The third-order valence-electron chi connectivity index (χ3n) is 3.03. The van der Waals surface area contributed by atoms with E-state index >= 15 is 0 Å². The van der Waals surface area contributed by atoms with Gasteiger partial charge in [0.25, 0.3) is 0 Å². The van der Waals surface area contributed by atoms with Crippen LogP contribution in [0.15, 0.2) is 24.3 Å². The van der Waals surface area contributed by atoms with Gasteiger partial charge in [0.05, 0.1) is 6.04 Å². The number of amides is 1. The molecule has 1 amide bonds. The second-order valence-corrected chi connectivity index (χ2v) is 4.35. The third kappa shape index (κ3) is 2.82. The van der Waals surface area contributed by atoms with Crippen LogP contribution in [-0.4, -0.2) is 25.0 Å². The SMILES string of the molecule is CC1NCCCCN(c2ccc(F)cc2)C1=O. The maximum Gasteiger partial charge on any atom is 0.243 e. The Bertz CT molecular complexity index is 391. The lowest BCUT2D eigenvalue weighted by atomic mass is 10.1. The molecular weight excluding hydrogens is 219 g/mol. The molecule has 1 aliphatic rings. The minimum atomic E-state index is -0.278. The normalized spacial score (nSPS) is 22.1. The summed E-state index contributed by atoms with van der Waals surface area (Å²) in [6.45, 7) is 3.45. The Morgan fingerprint density at radius 2 is 2.00 bits per heavy atom. The van der Waals surface area contributed by atoms with E-state index in [1.165, 1.54) is 12.1 Å². The first-order valence-electron chi connectivity index (χ1n) is 5.99. The van der Waals surface area contributed by atoms with Crippen LogP contribution in [0.25, 0.3) is 0 Å². The monoisotopic (exact) mass is 236 g/mol. The van der Waals surface area contributed by atoms with Gasteiger partial charge in [0.1, 0.15) is 5.82 Å². The summed E-state index contributed by atoms with van der Waals surface area (Å²) in [5, 5.41) is 3.18. The van der Waals surface area contributed by atoms with Crippen molar-refractivity contribution in [3.8, 4) is 0 Å². The van der Waals surface area contributed by atoms with E-state index in [0.717, 1.165) is 25.1 Å². The van der Waals surface area contributed by atoms with Crippen molar-refractivity contribution >= 4 is 11.6 Å². The summed E-state index contributed by atoms with van der Waals surface area (Å²) in [5.41, 5.74) is 0.770. The summed E-state index contributed by atoms with van der Waals surface area (Å²) in [4.78, 5) is 13.9. The summed E-state index contributed by atoms with van der Waals surface area (Å²) in [6, 6.07) is 5.91. The Morgan fingerprint density at radius 3 is 2.71 bits per heavy atom. The predicted octanol–water partition coefficient (Wildman–Crippen LogP) is 1.93. The second-order valence-electron chi connectivity index (χ2n) is 4.35. The number of carbonyl (C=O) groups excluding carboxylic acids is 1. The van der Waals surface area contributed by atoms with Crippen molar-refractivity contribution in [2.45, 2.75) is 25.8 Å². The Labute approximate surface area is 101 Å². The van der Waals surface area contributed by atoms with Crippen molar-refractivity contribution in [1.82, 2.24) is 5.32 Å². The summed E-state index contributed by atoms with van der Waals surface area (Å²) in [5.74, 6) is -0.226. The predicted molar refractivity (Wildman–Crippen MR) is 65.5 cm³/mol. The first kappa shape index (κ1) is 12.0. The van der Waals surface area contributed by atoms with Crippen LogP contribution in [0.5, 0.6) is 0 Å². The number of nitrogens with zero attached hydrogens (tertiary/aromatic N) is 1. The lowest BCUT2D eigenvalue weighted by molar-refractivity contribution is -0.120. The van der Waals surface area contributed by atoms with Gasteiger partial charge < -0.3 is 10.2 Å². The van der Waals surface area contributed by atoms with Gasteiger partial charge in [-0.05, 0) is 50.6 Å². The minimum Gasteiger partial charge on any atom is -0.311 e. The molecule has 1 atom stereocenters. The van der Waals surface area contributed by atoms with E-state index in [1.54, 1.807) is 17.0 Å². The lowest BCUT2D eigenvalue weighted by Gasteiger charge is -2.28. The Morgan fingerprint density at radius 1 is 1.29 bits per heavy atom. The van der Waals surface area contributed by atoms with Gasteiger partial charge in [-0.3, -0.25) is 4.79 Å². The number of rotatable bonds is 1. The molecule has 0 radical (unpaired) electrons. The maximum absolute atomic E-state index is 12.9. The van der Waals surface area contributed by atoms with E-state index in [4.69, 9.17) is 0 Å². The van der Waals surface area contributed by atoms with Crippen LogP contribution in [0, 0.1) is 5.82 Å². The second kappa shape index (κ2) is 5.27. The molecule has 17 heavy (non-hydrogen) atoms. The zero-order valence-electron chi connectivity index (χ0n) is 9.95. The topological polar surface area (TPSA) is 32.3 Å². The van der Waals surface area contributed by atoms with Crippen LogP contribution in [0.1, 0.15) is 19.8 Å². The minimum absolute atomic E-state index is 0.0521. The van der Waals surface area contributed by atoms with Gasteiger partial charge in [-0.1, -0.05) is 0 Å². The quantitative estimate of drug-likeness (QED) is 0.808. The van der Waals surface area contributed by atoms with Gasteiger partial charge in [-0.15, -0.1) is 0 Å². The Kier molecular flexibility index (Phi) is 3.74. The fourth-order valence-electron chi connectivity index (χ4n) is 2.02. The van der Waals surface area contributed by atoms with Crippen molar-refractivity contribution in [1.29, 1.82) is 0 Å². The molecule has 2 rings (SSSR count). The number of halogens is 1. The number of carbonyl (C=O) groups is 1. The van der Waals surface area contributed by atoms with E-state index in [1.807, 2.05) is 6.92 Å². The highest BCUT2D eigenvalue weighted by molar-refractivity contribution is 5.96. The van der Waals surface area contributed by atoms with Gasteiger partial charge in [-0.2, -0.15) is 0 Å². The highest BCUT2D eigenvalue weighted by Gasteiger charge is 2.22. The molecule has 0 saturated carbocycles. The first-order chi connectivity index (χ1) is 8.18. The van der Waals surface area contributed by atoms with E-state index < -0.39 is 0 Å². The summed E-state index contributed by atoms with van der Waals surface area (Å²) in [6.07, 6.45) is 2.01.